The van der Waals surface area contributed by atoms with Crippen LogP contribution in [0.4, 0.5) is 4.39 Å². The predicted molar refractivity (Wildman–Crippen MR) is 150 cm³/mol. The normalized spacial score (nSPS) is 23.2. The second-order valence-electron chi connectivity index (χ2n) is 10.9. The Hall–Kier alpha value is -2.04. The Bertz CT molecular complexity index is 1190. The van der Waals surface area contributed by atoms with Gasteiger partial charge in [0.25, 0.3) is 0 Å². The van der Waals surface area contributed by atoms with Gasteiger partial charge in [0.15, 0.2) is 0 Å². The van der Waals surface area contributed by atoms with Crippen molar-refractivity contribution in [1.29, 1.82) is 0 Å². The van der Waals surface area contributed by atoms with Crippen LogP contribution in [0.5, 0.6) is 0 Å². The quantitative estimate of drug-likeness (QED) is 0.411. The Morgan fingerprint density at radius 2 is 1.74 bits per heavy atom. The molecule has 1 aliphatic carbocycles. The first kappa shape index (κ1) is 29.9. The number of nitrogens with zero attached hydrogens (tertiary/aromatic N) is 2. The van der Waals surface area contributed by atoms with Crippen LogP contribution in [0.15, 0.2) is 53.4 Å². The zero-order chi connectivity index (χ0) is 28.0. The van der Waals surface area contributed by atoms with Crippen LogP contribution in [0.25, 0.3) is 0 Å². The fraction of sp³-hybridized carbons (Fsp3) is 0.552. The molecule has 2 atom stereocenters. The van der Waals surface area contributed by atoms with E-state index in [0.29, 0.717) is 36.4 Å². The zero-order valence-electron chi connectivity index (χ0n) is 22.7. The number of nitrogens with one attached hydrogen (secondary N) is 1. The van der Waals surface area contributed by atoms with Gasteiger partial charge in [-0.1, -0.05) is 36.6 Å². The third-order valence-corrected chi connectivity index (χ3v) is 10.1. The van der Waals surface area contributed by atoms with Gasteiger partial charge in [-0.3, -0.25) is 4.79 Å². The first-order valence-corrected chi connectivity index (χ1v) is 15.5. The molecule has 39 heavy (non-hydrogen) atoms. The van der Waals surface area contributed by atoms with Gasteiger partial charge in [0.1, 0.15) is 12.4 Å². The lowest BCUT2D eigenvalue weighted by atomic mass is 9.75. The van der Waals surface area contributed by atoms with E-state index in [2.05, 4.69) is 24.3 Å². The van der Waals surface area contributed by atoms with Gasteiger partial charge in [0, 0.05) is 30.7 Å². The number of hydrogen-bond donors (Lipinski definition) is 1. The van der Waals surface area contributed by atoms with Gasteiger partial charge >= 0.3 is 0 Å². The van der Waals surface area contributed by atoms with Gasteiger partial charge in [0.05, 0.1) is 11.0 Å². The van der Waals surface area contributed by atoms with Gasteiger partial charge in [0.2, 0.25) is 15.9 Å². The topological polar surface area (TPSA) is 79.0 Å². The van der Waals surface area contributed by atoms with E-state index >= 15 is 0 Å². The molecule has 1 heterocycles. The lowest BCUT2D eigenvalue weighted by Gasteiger charge is -2.37. The minimum atomic E-state index is -3.61. The first-order valence-electron chi connectivity index (χ1n) is 13.7. The van der Waals surface area contributed by atoms with Crippen LogP contribution in [0.1, 0.15) is 50.1 Å². The van der Waals surface area contributed by atoms with Crippen LogP contribution in [0, 0.1) is 17.7 Å². The molecule has 0 spiro atoms. The maximum absolute atomic E-state index is 13.4. The predicted octanol–water partition coefficient (Wildman–Crippen LogP) is 4.87. The van der Waals surface area contributed by atoms with Crippen LogP contribution in [0.2, 0.25) is 5.02 Å². The summed E-state index contributed by atoms with van der Waals surface area (Å²) in [6, 6.07) is 13.3. The maximum Gasteiger partial charge on any atom is 0.246 e. The molecule has 1 saturated carbocycles. The third kappa shape index (κ3) is 8.01. The highest BCUT2D eigenvalue weighted by atomic mass is 35.5. The summed E-state index contributed by atoms with van der Waals surface area (Å²) in [5.41, 5.74) is 1.16. The Kier molecular flexibility index (Phi) is 10.4. The van der Waals surface area contributed by atoms with Crippen molar-refractivity contribution < 1.29 is 22.3 Å². The highest BCUT2D eigenvalue weighted by molar-refractivity contribution is 7.89. The van der Waals surface area contributed by atoms with Crippen molar-refractivity contribution in [2.45, 2.75) is 55.6 Å². The van der Waals surface area contributed by atoms with Crippen LogP contribution < -0.4 is 5.32 Å². The van der Waals surface area contributed by atoms with Crippen LogP contribution in [-0.4, -0.2) is 70.0 Å². The summed E-state index contributed by atoms with van der Waals surface area (Å²) in [5, 5.41) is 3.44. The Morgan fingerprint density at radius 1 is 1.08 bits per heavy atom. The molecule has 1 aliphatic heterocycles. The third-order valence-electron chi connectivity index (χ3n) is 7.99. The molecule has 1 saturated heterocycles. The Labute approximate surface area is 236 Å². The number of carbonyl (C=O) groups excluding carboxylic acids is 1. The van der Waals surface area contributed by atoms with Gasteiger partial charge in [-0.2, -0.15) is 4.31 Å². The summed E-state index contributed by atoms with van der Waals surface area (Å²) in [6.45, 7) is 1.12. The number of benzene rings is 2. The maximum atomic E-state index is 13.4. The number of amides is 1. The number of sulfonamides is 1. The van der Waals surface area contributed by atoms with Crippen LogP contribution >= 0.6 is 11.6 Å². The summed E-state index contributed by atoms with van der Waals surface area (Å²) in [7, 11) is 0.556. The first-order chi connectivity index (χ1) is 18.6. The number of halogens is 2. The van der Waals surface area contributed by atoms with Crippen molar-refractivity contribution in [2.75, 3.05) is 40.3 Å². The van der Waals surface area contributed by atoms with Crippen LogP contribution in [0.3, 0.4) is 0 Å². The smallest absolute Gasteiger partial charge is 0.246 e. The van der Waals surface area contributed by atoms with Crippen LogP contribution in [-0.2, 0) is 19.6 Å². The monoisotopic (exact) mass is 579 g/mol. The van der Waals surface area contributed by atoms with E-state index in [1.54, 1.807) is 12.1 Å². The van der Waals surface area contributed by atoms with Crippen molar-refractivity contribution in [3.63, 3.8) is 0 Å². The summed E-state index contributed by atoms with van der Waals surface area (Å²) in [5.74, 6) is 0.713. The highest BCUT2D eigenvalue weighted by Crippen LogP contribution is 2.40. The SMILES string of the molecule is CN(C)C(c1ccc(F)cc1)C1CCC(CCNC(=O)COC2CCN(S(=O)(=O)c3ccc(Cl)cc3)C2)CC1. The van der Waals surface area contributed by atoms with E-state index < -0.39 is 10.0 Å². The Morgan fingerprint density at radius 3 is 2.38 bits per heavy atom. The van der Waals surface area contributed by atoms with Crippen molar-refractivity contribution in [1.82, 2.24) is 14.5 Å². The van der Waals surface area contributed by atoms with Crippen molar-refractivity contribution in [3.05, 3.63) is 64.9 Å². The largest absolute Gasteiger partial charge is 0.367 e. The second kappa shape index (κ2) is 13.5. The fourth-order valence-electron chi connectivity index (χ4n) is 5.91. The highest BCUT2D eigenvalue weighted by Gasteiger charge is 2.33. The van der Waals surface area contributed by atoms with E-state index in [4.69, 9.17) is 16.3 Å². The minimum Gasteiger partial charge on any atom is -0.367 e. The average molecular weight is 580 g/mol. The van der Waals surface area contributed by atoms with Gasteiger partial charge in [-0.15, -0.1) is 0 Å². The molecule has 10 heteroatoms. The van der Waals surface area contributed by atoms with E-state index in [1.807, 2.05) is 12.1 Å². The van der Waals surface area contributed by atoms with E-state index in [9.17, 15) is 17.6 Å². The number of carbonyl (C=O) groups is 1. The average Bonchev–Trinajstić information content (AvgIpc) is 3.40. The molecule has 2 aromatic carbocycles. The molecule has 2 aliphatic rings. The number of hydrogen-bond acceptors (Lipinski definition) is 5. The fourth-order valence-corrected chi connectivity index (χ4v) is 7.52. The molecule has 1 N–H and O–H groups in total. The zero-order valence-corrected chi connectivity index (χ0v) is 24.3. The molecule has 2 aromatic rings. The van der Waals surface area contributed by atoms with Gasteiger partial charge < -0.3 is 15.0 Å². The molecule has 214 valence electrons. The van der Waals surface area contributed by atoms with Gasteiger partial charge in [-0.05, 0) is 93.6 Å². The summed E-state index contributed by atoms with van der Waals surface area (Å²) >= 11 is 5.87. The number of ether oxygens (including phenoxy) is 1. The second-order valence-corrected chi connectivity index (χ2v) is 13.3. The molecule has 7 nitrogen and oxygen atoms in total. The summed E-state index contributed by atoms with van der Waals surface area (Å²) in [6.07, 6.45) is 5.62. The standard InChI is InChI=1S/C29H39ClFN3O4S/c1-33(2)29(23-7-11-25(31)12-8-23)22-5-3-21(4-6-22)15-17-32-28(35)20-38-26-16-18-34(19-26)39(36,37)27-13-9-24(30)10-14-27/h7-14,21-22,26,29H,3-6,15-20H2,1-2H3,(H,32,35). The van der Waals surface area contributed by atoms with E-state index in [0.717, 1.165) is 37.7 Å². The molecule has 1 amide bonds. The minimum absolute atomic E-state index is 0.0750. The molecule has 0 bridgehead atoms. The Balaban J connectivity index is 1.14. The lowest BCUT2D eigenvalue weighted by molar-refractivity contribution is -0.127. The molecular formula is C29H39ClFN3O4S. The van der Waals surface area contributed by atoms with Gasteiger partial charge in [-0.25, -0.2) is 12.8 Å². The van der Waals surface area contributed by atoms with Crippen molar-refractivity contribution in [2.24, 2.45) is 11.8 Å². The van der Waals surface area contributed by atoms with E-state index in [-0.39, 0.29) is 41.9 Å². The van der Waals surface area contributed by atoms with Crippen molar-refractivity contribution in [3.8, 4) is 0 Å². The number of rotatable bonds is 11. The molecule has 0 aromatic heterocycles. The van der Waals surface area contributed by atoms with E-state index in [1.165, 1.54) is 28.6 Å². The molecule has 4 rings (SSSR count). The molecule has 2 fully saturated rings. The summed E-state index contributed by atoms with van der Waals surface area (Å²) < 4.78 is 46.2. The van der Waals surface area contributed by atoms with Crippen molar-refractivity contribution >= 4 is 27.5 Å². The summed E-state index contributed by atoms with van der Waals surface area (Å²) in [4.78, 5) is 14.8. The lowest BCUT2D eigenvalue weighted by Crippen LogP contribution is -2.34. The molecular weight excluding hydrogens is 541 g/mol. The molecule has 2 unspecified atom stereocenters. The molecule has 0 radical (unpaired) electrons.